The SMILES string of the molecule is CCCC(CCC)C(=O)N1CCC(N2CCC(Oc3nccs3)CC2)CC1. The molecule has 0 radical (unpaired) electrons. The van der Waals surface area contributed by atoms with E-state index in [1.54, 1.807) is 17.5 Å². The molecule has 2 aliphatic rings. The molecule has 0 N–H and O–H groups in total. The van der Waals surface area contributed by atoms with Crippen LogP contribution in [0.25, 0.3) is 0 Å². The Morgan fingerprint density at radius 3 is 2.37 bits per heavy atom. The van der Waals surface area contributed by atoms with Gasteiger partial charge in [-0.15, -0.1) is 0 Å². The Morgan fingerprint density at radius 2 is 1.81 bits per heavy atom. The van der Waals surface area contributed by atoms with Crippen molar-refractivity contribution in [2.45, 2.75) is 77.4 Å². The molecule has 0 atom stereocenters. The van der Waals surface area contributed by atoms with E-state index in [4.69, 9.17) is 4.74 Å². The van der Waals surface area contributed by atoms with Gasteiger partial charge in [-0.05, 0) is 38.5 Å². The Labute approximate surface area is 168 Å². The number of hydrogen-bond acceptors (Lipinski definition) is 5. The first-order valence-corrected chi connectivity index (χ1v) is 11.7. The number of nitrogens with zero attached hydrogens (tertiary/aromatic N) is 3. The van der Waals surface area contributed by atoms with E-state index in [2.05, 4.69) is 28.6 Å². The fourth-order valence-electron chi connectivity index (χ4n) is 4.57. The summed E-state index contributed by atoms with van der Waals surface area (Å²) in [5, 5.41) is 2.76. The van der Waals surface area contributed by atoms with Crippen LogP contribution in [0.2, 0.25) is 0 Å². The number of piperidine rings is 2. The van der Waals surface area contributed by atoms with Gasteiger partial charge >= 0.3 is 0 Å². The average molecular weight is 394 g/mol. The van der Waals surface area contributed by atoms with Gasteiger partial charge in [-0.1, -0.05) is 38.0 Å². The Morgan fingerprint density at radius 1 is 1.15 bits per heavy atom. The van der Waals surface area contributed by atoms with Gasteiger partial charge in [0, 0.05) is 49.7 Å². The Kier molecular flexibility index (Phi) is 7.94. The zero-order valence-electron chi connectivity index (χ0n) is 16.9. The van der Waals surface area contributed by atoms with Crippen LogP contribution >= 0.6 is 11.3 Å². The highest BCUT2D eigenvalue weighted by molar-refractivity contribution is 7.11. The predicted molar refractivity (Wildman–Crippen MR) is 110 cm³/mol. The fourth-order valence-corrected chi connectivity index (χ4v) is 5.12. The van der Waals surface area contributed by atoms with Crippen molar-refractivity contribution in [2.24, 2.45) is 5.92 Å². The molecule has 2 saturated heterocycles. The Balaban J connectivity index is 1.41. The molecular weight excluding hydrogens is 358 g/mol. The summed E-state index contributed by atoms with van der Waals surface area (Å²) in [4.78, 5) is 21.8. The van der Waals surface area contributed by atoms with E-state index in [1.165, 1.54) is 0 Å². The fraction of sp³-hybridized carbons (Fsp3) is 0.810. The number of ether oxygens (including phenoxy) is 1. The second-order valence-electron chi connectivity index (χ2n) is 7.98. The van der Waals surface area contributed by atoms with E-state index in [0.29, 0.717) is 18.1 Å². The lowest BCUT2D eigenvalue weighted by molar-refractivity contribution is -0.137. The van der Waals surface area contributed by atoms with Crippen LogP contribution in [0, 0.1) is 5.92 Å². The van der Waals surface area contributed by atoms with Crippen LogP contribution in [-0.4, -0.2) is 59.0 Å². The van der Waals surface area contributed by atoms with Crippen molar-refractivity contribution in [2.75, 3.05) is 26.2 Å². The van der Waals surface area contributed by atoms with Gasteiger partial charge in [0.05, 0.1) is 0 Å². The number of carbonyl (C=O) groups excluding carboxylic acids is 1. The molecule has 152 valence electrons. The molecule has 27 heavy (non-hydrogen) atoms. The lowest BCUT2D eigenvalue weighted by atomic mass is 9.94. The Bertz CT molecular complexity index is 544. The van der Waals surface area contributed by atoms with Crippen LogP contribution in [-0.2, 0) is 4.79 Å². The number of hydrogen-bond donors (Lipinski definition) is 0. The van der Waals surface area contributed by atoms with Crippen LogP contribution in [0.3, 0.4) is 0 Å². The third-order valence-corrected chi connectivity index (χ3v) is 6.73. The van der Waals surface area contributed by atoms with Crippen LogP contribution in [0.5, 0.6) is 5.19 Å². The zero-order valence-corrected chi connectivity index (χ0v) is 17.8. The molecule has 1 amide bonds. The first-order chi connectivity index (χ1) is 13.2. The van der Waals surface area contributed by atoms with Crippen molar-refractivity contribution in [1.82, 2.24) is 14.8 Å². The van der Waals surface area contributed by atoms with Gasteiger partial charge in [-0.2, -0.15) is 0 Å². The molecule has 0 bridgehead atoms. The number of aromatic nitrogens is 1. The molecule has 5 nitrogen and oxygen atoms in total. The molecule has 0 spiro atoms. The summed E-state index contributed by atoms with van der Waals surface area (Å²) in [6, 6.07) is 0.630. The maximum atomic E-state index is 12.8. The first kappa shape index (κ1) is 20.6. The van der Waals surface area contributed by atoms with Gasteiger partial charge in [-0.3, -0.25) is 9.69 Å². The topological polar surface area (TPSA) is 45.7 Å². The summed E-state index contributed by atoms with van der Waals surface area (Å²) >= 11 is 1.57. The molecule has 0 aromatic carbocycles. The highest BCUT2D eigenvalue weighted by Crippen LogP contribution is 2.26. The van der Waals surface area contributed by atoms with Crippen LogP contribution in [0.15, 0.2) is 11.6 Å². The average Bonchev–Trinajstić information content (AvgIpc) is 3.21. The van der Waals surface area contributed by atoms with Crippen LogP contribution in [0.4, 0.5) is 0 Å². The van der Waals surface area contributed by atoms with Crippen molar-refractivity contribution < 1.29 is 9.53 Å². The summed E-state index contributed by atoms with van der Waals surface area (Å²) in [5.74, 6) is 0.656. The maximum Gasteiger partial charge on any atom is 0.273 e. The standard InChI is InChI=1S/C21H35N3O2S/c1-3-5-17(6-4-2)20(25)24-12-7-18(8-13-24)23-14-9-19(10-15-23)26-21-22-11-16-27-21/h11,16-19H,3-10,12-15H2,1-2H3. The molecule has 0 unspecified atom stereocenters. The van der Waals surface area contributed by atoms with Crippen molar-refractivity contribution in [3.05, 3.63) is 11.6 Å². The zero-order chi connectivity index (χ0) is 19.1. The molecule has 1 aromatic rings. The van der Waals surface area contributed by atoms with Gasteiger partial charge in [0.2, 0.25) is 5.91 Å². The van der Waals surface area contributed by atoms with Crippen LogP contribution in [0.1, 0.15) is 65.2 Å². The predicted octanol–water partition coefficient (Wildman–Crippen LogP) is 4.19. The highest BCUT2D eigenvalue weighted by Gasteiger charge is 2.32. The molecule has 0 saturated carbocycles. The minimum absolute atomic E-state index is 0.246. The smallest absolute Gasteiger partial charge is 0.273 e. The molecule has 0 aliphatic carbocycles. The quantitative estimate of drug-likeness (QED) is 0.664. The van der Waals surface area contributed by atoms with Gasteiger partial charge in [0.1, 0.15) is 6.10 Å². The van der Waals surface area contributed by atoms with Crippen molar-refractivity contribution >= 4 is 17.2 Å². The van der Waals surface area contributed by atoms with Crippen LogP contribution < -0.4 is 4.74 Å². The summed E-state index contributed by atoms with van der Waals surface area (Å²) < 4.78 is 5.98. The maximum absolute atomic E-state index is 12.8. The van der Waals surface area contributed by atoms with E-state index in [1.807, 2.05) is 5.38 Å². The van der Waals surface area contributed by atoms with E-state index >= 15 is 0 Å². The summed E-state index contributed by atoms with van der Waals surface area (Å²) in [5.41, 5.74) is 0. The lowest BCUT2D eigenvalue weighted by Gasteiger charge is -2.42. The van der Waals surface area contributed by atoms with Crippen molar-refractivity contribution in [3.8, 4) is 5.19 Å². The van der Waals surface area contributed by atoms with E-state index in [9.17, 15) is 4.79 Å². The van der Waals surface area contributed by atoms with E-state index in [0.717, 1.165) is 82.7 Å². The second kappa shape index (κ2) is 10.4. The number of carbonyl (C=O) groups is 1. The van der Waals surface area contributed by atoms with Gasteiger partial charge in [0.15, 0.2) is 0 Å². The molecular formula is C21H35N3O2S. The van der Waals surface area contributed by atoms with Gasteiger partial charge < -0.3 is 9.64 Å². The molecule has 3 rings (SSSR count). The molecule has 3 heterocycles. The third kappa shape index (κ3) is 5.67. The normalized spacial score (nSPS) is 20.3. The summed E-state index contributed by atoms with van der Waals surface area (Å²) in [7, 11) is 0. The third-order valence-electron chi connectivity index (χ3n) is 6.07. The minimum atomic E-state index is 0.246. The van der Waals surface area contributed by atoms with E-state index < -0.39 is 0 Å². The van der Waals surface area contributed by atoms with Gasteiger partial charge in [0.25, 0.3) is 5.19 Å². The van der Waals surface area contributed by atoms with Gasteiger partial charge in [-0.25, -0.2) is 4.98 Å². The van der Waals surface area contributed by atoms with Crippen molar-refractivity contribution in [3.63, 3.8) is 0 Å². The summed E-state index contributed by atoms with van der Waals surface area (Å²) in [6.07, 6.45) is 10.8. The number of thiazole rings is 1. The number of amides is 1. The Hall–Kier alpha value is -1.14. The highest BCUT2D eigenvalue weighted by atomic mass is 32.1. The number of rotatable bonds is 8. The minimum Gasteiger partial charge on any atom is -0.467 e. The summed E-state index contributed by atoms with van der Waals surface area (Å²) in [6.45, 7) is 8.44. The molecule has 2 aliphatic heterocycles. The first-order valence-electron chi connectivity index (χ1n) is 10.8. The molecule has 6 heteroatoms. The molecule has 2 fully saturated rings. The lowest BCUT2D eigenvalue weighted by Crippen LogP contribution is -2.51. The van der Waals surface area contributed by atoms with Crippen molar-refractivity contribution in [1.29, 1.82) is 0 Å². The van der Waals surface area contributed by atoms with E-state index in [-0.39, 0.29) is 5.92 Å². The monoisotopic (exact) mass is 393 g/mol. The number of likely N-dealkylation sites (tertiary alicyclic amines) is 2. The second-order valence-corrected chi connectivity index (χ2v) is 8.84. The molecule has 1 aromatic heterocycles. The largest absolute Gasteiger partial charge is 0.467 e.